The van der Waals surface area contributed by atoms with Gasteiger partial charge in [-0.1, -0.05) is 36.0 Å². The molecule has 0 atom stereocenters. The van der Waals surface area contributed by atoms with E-state index in [1.54, 1.807) is 11.8 Å². The summed E-state index contributed by atoms with van der Waals surface area (Å²) >= 11 is 1.78. The molecule has 1 amide bonds. The lowest BCUT2D eigenvalue weighted by Crippen LogP contribution is -2.49. The molecule has 2 aromatic carbocycles. The number of rotatable bonds is 5. The number of hydrogen-bond acceptors (Lipinski definition) is 4. The van der Waals surface area contributed by atoms with Gasteiger partial charge in [-0.15, -0.1) is 12.4 Å². The van der Waals surface area contributed by atoms with Crippen LogP contribution in [0.3, 0.4) is 0 Å². The highest BCUT2D eigenvalue weighted by atomic mass is 35.5. The summed E-state index contributed by atoms with van der Waals surface area (Å²) in [4.78, 5) is 17.0. The molecule has 4 nitrogen and oxygen atoms in total. The molecule has 0 bridgehead atoms. The number of benzene rings is 2. The van der Waals surface area contributed by atoms with Crippen LogP contribution in [-0.2, 0) is 4.79 Å². The first-order valence-corrected chi connectivity index (χ1v) is 8.96. The van der Waals surface area contributed by atoms with Crippen molar-refractivity contribution in [1.29, 1.82) is 0 Å². The van der Waals surface area contributed by atoms with Crippen molar-refractivity contribution in [3.8, 4) is 0 Å². The van der Waals surface area contributed by atoms with Gasteiger partial charge >= 0.3 is 0 Å². The normalized spacial score (nSPS) is 12.7. The van der Waals surface area contributed by atoms with Crippen molar-refractivity contribution in [3.05, 3.63) is 48.5 Å². The van der Waals surface area contributed by atoms with Gasteiger partial charge in [0.15, 0.2) is 0 Å². The Morgan fingerprint density at radius 3 is 2.12 bits per heavy atom. The Bertz CT molecular complexity index is 705. The van der Waals surface area contributed by atoms with Gasteiger partial charge in [-0.2, -0.15) is 0 Å². The Morgan fingerprint density at radius 1 is 1.08 bits per heavy atom. The number of carbonyl (C=O) groups excluding carboxylic acids is 1. The molecule has 6 heteroatoms. The molecule has 0 radical (unpaired) electrons. The summed E-state index contributed by atoms with van der Waals surface area (Å²) in [6.45, 7) is 4.94. The third-order valence-electron chi connectivity index (χ3n) is 4.08. The van der Waals surface area contributed by atoms with Crippen LogP contribution in [0.25, 0.3) is 0 Å². The number of carbonyl (C=O) groups is 1. The standard InChI is InChI=1S/C19H23N3OS.ClH/c1-19(2,13-20)21-18(23)11-12-22-14-7-3-5-9-16(14)24-17-10-6-4-8-15(17)22;/h3-10H,11-13,20H2,1-2H3,(H,21,23);1H. The molecular weight excluding hydrogens is 354 g/mol. The molecular formula is C19H24ClN3OS. The highest BCUT2D eigenvalue weighted by Gasteiger charge is 2.24. The van der Waals surface area contributed by atoms with Gasteiger partial charge in [0, 0.05) is 34.8 Å². The van der Waals surface area contributed by atoms with E-state index in [1.165, 1.54) is 9.79 Å². The van der Waals surface area contributed by atoms with Crippen LogP contribution >= 0.6 is 24.2 Å². The van der Waals surface area contributed by atoms with E-state index >= 15 is 0 Å². The third-order valence-corrected chi connectivity index (χ3v) is 5.21. The molecule has 0 aliphatic carbocycles. The zero-order valence-electron chi connectivity index (χ0n) is 14.5. The van der Waals surface area contributed by atoms with E-state index in [1.807, 2.05) is 26.0 Å². The van der Waals surface area contributed by atoms with E-state index in [0.717, 1.165) is 11.4 Å². The zero-order valence-corrected chi connectivity index (χ0v) is 16.1. The van der Waals surface area contributed by atoms with E-state index in [2.05, 4.69) is 46.6 Å². The van der Waals surface area contributed by atoms with E-state index in [4.69, 9.17) is 5.73 Å². The monoisotopic (exact) mass is 377 g/mol. The molecule has 0 saturated carbocycles. The van der Waals surface area contributed by atoms with Crippen molar-refractivity contribution in [2.75, 3.05) is 18.0 Å². The fourth-order valence-corrected chi connectivity index (χ4v) is 3.82. The predicted octanol–water partition coefficient (Wildman–Crippen LogP) is 3.95. The topological polar surface area (TPSA) is 58.4 Å². The number of halogens is 1. The Morgan fingerprint density at radius 2 is 1.60 bits per heavy atom. The van der Waals surface area contributed by atoms with Gasteiger partial charge in [-0.25, -0.2) is 0 Å². The van der Waals surface area contributed by atoms with Crippen LogP contribution in [0.2, 0.25) is 0 Å². The highest BCUT2D eigenvalue weighted by molar-refractivity contribution is 7.99. The van der Waals surface area contributed by atoms with Crippen LogP contribution in [0.4, 0.5) is 11.4 Å². The Labute approximate surface area is 159 Å². The third kappa shape index (κ3) is 4.48. The van der Waals surface area contributed by atoms with Crippen LogP contribution in [0.15, 0.2) is 58.3 Å². The molecule has 25 heavy (non-hydrogen) atoms. The van der Waals surface area contributed by atoms with Crippen LogP contribution in [0.1, 0.15) is 20.3 Å². The van der Waals surface area contributed by atoms with Gasteiger partial charge in [0.2, 0.25) is 5.91 Å². The Balaban J connectivity index is 0.00000225. The van der Waals surface area contributed by atoms with Gasteiger partial charge < -0.3 is 16.0 Å². The molecule has 1 aliphatic rings. The predicted molar refractivity (Wildman–Crippen MR) is 107 cm³/mol. The minimum absolute atomic E-state index is 0. The summed E-state index contributed by atoms with van der Waals surface area (Å²) in [7, 11) is 0. The number of amides is 1. The van der Waals surface area contributed by atoms with Crippen molar-refractivity contribution in [1.82, 2.24) is 5.32 Å². The molecule has 1 aliphatic heterocycles. The lowest BCUT2D eigenvalue weighted by Gasteiger charge is -2.33. The number of nitrogens with one attached hydrogen (secondary N) is 1. The summed E-state index contributed by atoms with van der Waals surface area (Å²) in [6.07, 6.45) is 0.427. The van der Waals surface area contributed by atoms with Crippen molar-refractivity contribution in [3.63, 3.8) is 0 Å². The average molecular weight is 378 g/mol. The van der Waals surface area contributed by atoms with E-state index in [-0.39, 0.29) is 23.9 Å². The van der Waals surface area contributed by atoms with Gasteiger partial charge in [-0.05, 0) is 38.1 Å². The summed E-state index contributed by atoms with van der Waals surface area (Å²) < 4.78 is 0. The first-order chi connectivity index (χ1) is 11.5. The maximum Gasteiger partial charge on any atom is 0.222 e. The van der Waals surface area contributed by atoms with Gasteiger partial charge in [-0.3, -0.25) is 4.79 Å². The largest absolute Gasteiger partial charge is 0.350 e. The molecule has 134 valence electrons. The first-order valence-electron chi connectivity index (χ1n) is 8.15. The number of nitrogens with two attached hydrogens (primary N) is 1. The van der Waals surface area contributed by atoms with Crippen molar-refractivity contribution >= 4 is 41.5 Å². The quantitative estimate of drug-likeness (QED) is 0.828. The fourth-order valence-electron chi connectivity index (χ4n) is 2.73. The number of hydrogen-bond donors (Lipinski definition) is 2. The molecule has 0 fully saturated rings. The van der Waals surface area contributed by atoms with E-state index in [0.29, 0.717) is 19.5 Å². The highest BCUT2D eigenvalue weighted by Crippen LogP contribution is 2.47. The fraction of sp³-hybridized carbons (Fsp3) is 0.316. The average Bonchev–Trinajstić information content (AvgIpc) is 2.58. The second-order valence-electron chi connectivity index (χ2n) is 6.58. The smallest absolute Gasteiger partial charge is 0.222 e. The van der Waals surface area contributed by atoms with Gasteiger partial charge in [0.25, 0.3) is 0 Å². The number of nitrogens with zero attached hydrogens (tertiary/aromatic N) is 1. The lowest BCUT2D eigenvalue weighted by molar-refractivity contribution is -0.122. The van der Waals surface area contributed by atoms with Gasteiger partial charge in [0.05, 0.1) is 11.4 Å². The van der Waals surface area contributed by atoms with Crippen molar-refractivity contribution in [2.24, 2.45) is 5.73 Å². The summed E-state index contributed by atoms with van der Waals surface area (Å²) in [5.41, 5.74) is 7.64. The van der Waals surface area contributed by atoms with Crippen LogP contribution < -0.4 is 16.0 Å². The minimum Gasteiger partial charge on any atom is -0.350 e. The number of anilines is 2. The maximum absolute atomic E-state index is 12.3. The van der Waals surface area contributed by atoms with E-state index in [9.17, 15) is 4.79 Å². The first kappa shape index (κ1) is 19.6. The molecule has 1 heterocycles. The summed E-state index contributed by atoms with van der Waals surface area (Å²) in [5.74, 6) is 0.0265. The Hall–Kier alpha value is -1.69. The second kappa shape index (κ2) is 8.13. The van der Waals surface area contributed by atoms with E-state index < -0.39 is 0 Å². The molecule has 0 aromatic heterocycles. The zero-order chi connectivity index (χ0) is 17.2. The number of para-hydroxylation sites is 2. The summed E-state index contributed by atoms with van der Waals surface area (Å²) in [5, 5.41) is 3.00. The van der Waals surface area contributed by atoms with Crippen molar-refractivity contribution in [2.45, 2.75) is 35.6 Å². The summed E-state index contributed by atoms with van der Waals surface area (Å²) in [6, 6.07) is 16.7. The lowest BCUT2D eigenvalue weighted by atomic mass is 10.1. The van der Waals surface area contributed by atoms with Crippen LogP contribution in [-0.4, -0.2) is 24.5 Å². The van der Waals surface area contributed by atoms with Crippen LogP contribution in [0.5, 0.6) is 0 Å². The molecule has 0 unspecified atom stereocenters. The SMILES string of the molecule is CC(C)(CN)NC(=O)CCN1c2ccccc2Sc2ccccc21.Cl. The minimum atomic E-state index is -0.370. The molecule has 2 aromatic rings. The second-order valence-corrected chi connectivity index (χ2v) is 7.66. The number of fused-ring (bicyclic) bond motifs is 2. The van der Waals surface area contributed by atoms with Crippen LogP contribution in [0, 0.1) is 0 Å². The van der Waals surface area contributed by atoms with Gasteiger partial charge in [0.1, 0.15) is 0 Å². The van der Waals surface area contributed by atoms with Crippen molar-refractivity contribution < 1.29 is 4.79 Å². The molecule has 0 saturated heterocycles. The molecule has 0 spiro atoms. The molecule has 3 N–H and O–H groups in total. The molecule has 3 rings (SSSR count). The maximum atomic E-state index is 12.3. The Kier molecular flexibility index (Phi) is 6.38.